The third-order valence-electron chi connectivity index (χ3n) is 4.31. The van der Waals surface area contributed by atoms with Crippen molar-refractivity contribution in [3.8, 4) is 17.2 Å². The molecule has 0 N–H and O–H groups in total. The fraction of sp³-hybridized carbons (Fsp3) is 0.529. The quantitative estimate of drug-likeness (QED) is 0.845. The lowest BCUT2D eigenvalue weighted by Crippen LogP contribution is -2.43. The number of morpholine rings is 1. The fourth-order valence-corrected chi connectivity index (χ4v) is 2.75. The molecule has 3 rings (SSSR count). The summed E-state index contributed by atoms with van der Waals surface area (Å²) in [6.07, 6.45) is 1.31. The van der Waals surface area contributed by atoms with Gasteiger partial charge in [0.2, 0.25) is 11.8 Å². The third-order valence-corrected chi connectivity index (χ3v) is 4.31. The van der Waals surface area contributed by atoms with Crippen LogP contribution in [0.5, 0.6) is 5.75 Å². The third kappa shape index (κ3) is 3.54. The largest absolute Gasteiger partial charge is 0.497 e. The van der Waals surface area contributed by atoms with Gasteiger partial charge in [-0.3, -0.25) is 4.90 Å². The molecule has 0 unspecified atom stereocenters. The van der Waals surface area contributed by atoms with E-state index in [4.69, 9.17) is 13.9 Å². The van der Waals surface area contributed by atoms with E-state index in [1.807, 2.05) is 24.3 Å². The first-order valence-corrected chi connectivity index (χ1v) is 8.04. The zero-order valence-corrected chi connectivity index (χ0v) is 13.9. The SMILES string of the molecule is CC[C@H]1CN([C@H](C)c2nnc(-c3ccc(OC)cc3)o2)CCO1. The average molecular weight is 317 g/mol. The summed E-state index contributed by atoms with van der Waals surface area (Å²) in [5, 5.41) is 8.41. The van der Waals surface area contributed by atoms with Crippen molar-refractivity contribution in [2.75, 3.05) is 26.8 Å². The molecule has 0 spiro atoms. The standard InChI is InChI=1S/C17H23N3O3/c1-4-14-11-20(9-10-22-14)12(2)16-18-19-17(23-16)13-5-7-15(21-3)8-6-13/h5-8,12,14H,4,9-11H2,1-3H3/t12-,14+/m1/s1. The molecule has 1 fully saturated rings. The van der Waals surface area contributed by atoms with Gasteiger partial charge in [0, 0.05) is 18.7 Å². The van der Waals surface area contributed by atoms with Crippen molar-refractivity contribution in [2.24, 2.45) is 0 Å². The second kappa shape index (κ2) is 7.10. The number of ether oxygens (including phenoxy) is 2. The van der Waals surface area contributed by atoms with Crippen LogP contribution in [0.3, 0.4) is 0 Å². The summed E-state index contributed by atoms with van der Waals surface area (Å²) in [5.41, 5.74) is 0.894. The Labute approximate surface area is 136 Å². The Kier molecular flexibility index (Phi) is 4.93. The highest BCUT2D eigenvalue weighted by Gasteiger charge is 2.27. The Morgan fingerprint density at radius 1 is 1.30 bits per heavy atom. The van der Waals surface area contributed by atoms with Crippen molar-refractivity contribution in [1.29, 1.82) is 0 Å². The predicted molar refractivity (Wildman–Crippen MR) is 86.3 cm³/mol. The Morgan fingerprint density at radius 3 is 2.78 bits per heavy atom. The molecule has 23 heavy (non-hydrogen) atoms. The summed E-state index contributed by atoms with van der Waals surface area (Å²) in [5.74, 6) is 1.99. The topological polar surface area (TPSA) is 60.6 Å². The van der Waals surface area contributed by atoms with Gasteiger partial charge in [0.1, 0.15) is 5.75 Å². The van der Waals surface area contributed by atoms with Crippen molar-refractivity contribution in [1.82, 2.24) is 15.1 Å². The molecule has 6 nitrogen and oxygen atoms in total. The van der Waals surface area contributed by atoms with Crippen molar-refractivity contribution < 1.29 is 13.9 Å². The maximum absolute atomic E-state index is 5.88. The van der Waals surface area contributed by atoms with Gasteiger partial charge >= 0.3 is 0 Å². The van der Waals surface area contributed by atoms with Crippen molar-refractivity contribution in [2.45, 2.75) is 32.4 Å². The van der Waals surface area contributed by atoms with Crippen LogP contribution in [0.2, 0.25) is 0 Å². The second-order valence-electron chi connectivity index (χ2n) is 5.75. The predicted octanol–water partition coefficient (Wildman–Crippen LogP) is 2.92. The number of hydrogen-bond acceptors (Lipinski definition) is 6. The Balaban J connectivity index is 1.72. The molecule has 0 radical (unpaired) electrons. The van der Waals surface area contributed by atoms with E-state index in [0.29, 0.717) is 11.8 Å². The van der Waals surface area contributed by atoms with Gasteiger partial charge in [0.25, 0.3) is 0 Å². The van der Waals surface area contributed by atoms with Crippen LogP contribution >= 0.6 is 0 Å². The van der Waals surface area contributed by atoms with Crippen LogP contribution < -0.4 is 4.74 Å². The molecule has 0 bridgehead atoms. The molecule has 1 aromatic heterocycles. The molecule has 0 amide bonds. The molecular formula is C17H23N3O3. The summed E-state index contributed by atoms with van der Waals surface area (Å²) >= 11 is 0. The molecule has 1 aliphatic heterocycles. The summed E-state index contributed by atoms with van der Waals surface area (Å²) in [6, 6.07) is 7.70. The highest BCUT2D eigenvalue weighted by molar-refractivity contribution is 5.53. The summed E-state index contributed by atoms with van der Waals surface area (Å²) < 4.78 is 16.8. The van der Waals surface area contributed by atoms with Crippen molar-refractivity contribution >= 4 is 0 Å². The van der Waals surface area contributed by atoms with Crippen LogP contribution in [0.25, 0.3) is 11.5 Å². The van der Waals surface area contributed by atoms with Crippen molar-refractivity contribution in [3.05, 3.63) is 30.2 Å². The molecule has 2 aromatic rings. The van der Waals surface area contributed by atoms with Gasteiger partial charge < -0.3 is 13.9 Å². The van der Waals surface area contributed by atoms with E-state index in [9.17, 15) is 0 Å². The number of rotatable bonds is 5. The van der Waals surface area contributed by atoms with E-state index >= 15 is 0 Å². The lowest BCUT2D eigenvalue weighted by Gasteiger charge is -2.35. The van der Waals surface area contributed by atoms with Gasteiger partial charge in [-0.25, -0.2) is 0 Å². The molecule has 124 valence electrons. The minimum Gasteiger partial charge on any atom is -0.497 e. The van der Waals surface area contributed by atoms with Gasteiger partial charge in [-0.05, 0) is 37.6 Å². The maximum atomic E-state index is 5.88. The van der Waals surface area contributed by atoms with Crippen LogP contribution in [-0.4, -0.2) is 48.0 Å². The molecule has 1 saturated heterocycles. The van der Waals surface area contributed by atoms with Crippen molar-refractivity contribution in [3.63, 3.8) is 0 Å². The van der Waals surface area contributed by atoms with Crippen LogP contribution in [0.4, 0.5) is 0 Å². The number of aromatic nitrogens is 2. The lowest BCUT2D eigenvalue weighted by molar-refractivity contribution is -0.0456. The summed E-state index contributed by atoms with van der Waals surface area (Å²) in [6.45, 7) is 6.79. The summed E-state index contributed by atoms with van der Waals surface area (Å²) in [4.78, 5) is 2.34. The number of methoxy groups -OCH3 is 1. The molecule has 0 aliphatic carbocycles. The van der Waals surface area contributed by atoms with Crippen LogP contribution in [0.15, 0.2) is 28.7 Å². The van der Waals surface area contributed by atoms with E-state index in [2.05, 4.69) is 28.9 Å². The Hall–Kier alpha value is -1.92. The van der Waals surface area contributed by atoms with E-state index in [1.165, 1.54) is 0 Å². The molecule has 0 saturated carbocycles. The van der Waals surface area contributed by atoms with Gasteiger partial charge in [-0.15, -0.1) is 10.2 Å². The molecule has 2 heterocycles. The Morgan fingerprint density at radius 2 is 2.09 bits per heavy atom. The molecule has 1 aromatic carbocycles. The van der Waals surface area contributed by atoms with E-state index in [0.717, 1.165) is 37.4 Å². The van der Waals surface area contributed by atoms with Crippen LogP contribution in [0.1, 0.15) is 32.2 Å². The first kappa shape index (κ1) is 16.0. The van der Waals surface area contributed by atoms with Gasteiger partial charge in [0.05, 0.1) is 25.9 Å². The fourth-order valence-electron chi connectivity index (χ4n) is 2.75. The summed E-state index contributed by atoms with van der Waals surface area (Å²) in [7, 11) is 1.65. The molecule has 6 heteroatoms. The average Bonchev–Trinajstić information content (AvgIpc) is 3.11. The maximum Gasteiger partial charge on any atom is 0.247 e. The molecule has 2 atom stereocenters. The lowest BCUT2D eigenvalue weighted by atomic mass is 10.2. The molecular weight excluding hydrogens is 294 g/mol. The van der Waals surface area contributed by atoms with Gasteiger partial charge in [0.15, 0.2) is 0 Å². The zero-order valence-electron chi connectivity index (χ0n) is 13.9. The first-order chi connectivity index (χ1) is 11.2. The number of nitrogens with zero attached hydrogens (tertiary/aromatic N) is 3. The first-order valence-electron chi connectivity index (χ1n) is 8.04. The normalized spacial score (nSPS) is 20.4. The smallest absolute Gasteiger partial charge is 0.247 e. The van der Waals surface area contributed by atoms with E-state index in [-0.39, 0.29) is 12.1 Å². The van der Waals surface area contributed by atoms with Gasteiger partial charge in [-0.2, -0.15) is 0 Å². The van der Waals surface area contributed by atoms with Crippen LogP contribution in [-0.2, 0) is 4.74 Å². The minimum atomic E-state index is 0.0902. The monoisotopic (exact) mass is 317 g/mol. The van der Waals surface area contributed by atoms with E-state index in [1.54, 1.807) is 7.11 Å². The number of hydrogen-bond donors (Lipinski definition) is 0. The van der Waals surface area contributed by atoms with E-state index < -0.39 is 0 Å². The minimum absolute atomic E-state index is 0.0902. The van der Waals surface area contributed by atoms with Crippen LogP contribution in [0, 0.1) is 0 Å². The number of benzene rings is 1. The Bertz CT molecular complexity index is 626. The highest BCUT2D eigenvalue weighted by atomic mass is 16.5. The highest BCUT2D eigenvalue weighted by Crippen LogP contribution is 2.26. The van der Waals surface area contributed by atoms with Gasteiger partial charge in [-0.1, -0.05) is 6.92 Å². The second-order valence-corrected chi connectivity index (χ2v) is 5.75. The molecule has 1 aliphatic rings. The zero-order chi connectivity index (χ0) is 16.2.